The van der Waals surface area contributed by atoms with Gasteiger partial charge in [-0.05, 0) is 31.9 Å². The molecule has 0 spiro atoms. The smallest absolute Gasteiger partial charge is 0.337 e. The number of aromatic nitrogens is 2. The van der Waals surface area contributed by atoms with Crippen molar-refractivity contribution < 1.29 is 15.0 Å². The van der Waals surface area contributed by atoms with Gasteiger partial charge >= 0.3 is 5.97 Å². The highest BCUT2D eigenvalue weighted by Gasteiger charge is 2.18. The van der Waals surface area contributed by atoms with E-state index in [1.807, 2.05) is 13.0 Å². The molecule has 5 heteroatoms. The minimum absolute atomic E-state index is 0.165. The molecule has 0 bridgehead atoms. The Kier molecular flexibility index (Phi) is 4.39. The van der Waals surface area contributed by atoms with Gasteiger partial charge in [-0.15, -0.1) is 0 Å². The molecule has 0 fully saturated rings. The van der Waals surface area contributed by atoms with Crippen molar-refractivity contribution in [2.24, 2.45) is 0 Å². The van der Waals surface area contributed by atoms with E-state index in [2.05, 4.69) is 16.5 Å². The molecule has 2 aromatic rings. The van der Waals surface area contributed by atoms with Crippen molar-refractivity contribution in [1.82, 2.24) is 9.55 Å². The van der Waals surface area contributed by atoms with E-state index >= 15 is 0 Å². The van der Waals surface area contributed by atoms with Gasteiger partial charge in [-0.3, -0.25) is 0 Å². The molecule has 108 valence electrons. The molecule has 0 aliphatic heterocycles. The molecule has 1 aromatic heterocycles. The third-order valence-corrected chi connectivity index (χ3v) is 3.56. The summed E-state index contributed by atoms with van der Waals surface area (Å²) in [6.07, 6.45) is 2.31. The lowest BCUT2D eigenvalue weighted by molar-refractivity contribution is 0.0699. The van der Waals surface area contributed by atoms with Crippen LogP contribution in [0.1, 0.15) is 48.9 Å². The van der Waals surface area contributed by atoms with Gasteiger partial charge in [-0.25, -0.2) is 9.78 Å². The molecular weight excluding hydrogens is 256 g/mol. The lowest BCUT2D eigenvalue weighted by Crippen LogP contribution is -2.09. The van der Waals surface area contributed by atoms with Crippen LogP contribution in [0.15, 0.2) is 18.2 Å². The fourth-order valence-electron chi connectivity index (χ4n) is 2.59. The van der Waals surface area contributed by atoms with E-state index in [-0.39, 0.29) is 18.2 Å². The first-order chi connectivity index (χ1) is 9.60. The number of hydrogen-bond acceptors (Lipinski definition) is 3. The summed E-state index contributed by atoms with van der Waals surface area (Å²) in [4.78, 5) is 15.8. The van der Waals surface area contributed by atoms with Crippen molar-refractivity contribution >= 4 is 17.0 Å². The Morgan fingerprint density at radius 3 is 2.80 bits per heavy atom. The highest BCUT2D eigenvalue weighted by Crippen LogP contribution is 2.26. The molecule has 0 radical (unpaired) electrons. The molecule has 1 unspecified atom stereocenters. The maximum Gasteiger partial charge on any atom is 0.337 e. The van der Waals surface area contributed by atoms with Crippen LogP contribution in [0.4, 0.5) is 0 Å². The number of benzene rings is 1. The second-order valence-corrected chi connectivity index (χ2v) is 4.94. The number of imidazole rings is 1. The van der Waals surface area contributed by atoms with Gasteiger partial charge in [-0.1, -0.05) is 13.0 Å². The molecule has 2 N–H and O–H groups in total. The van der Waals surface area contributed by atoms with Gasteiger partial charge in [0, 0.05) is 19.1 Å². The average molecular weight is 276 g/mol. The van der Waals surface area contributed by atoms with Crippen LogP contribution in [0.5, 0.6) is 0 Å². The van der Waals surface area contributed by atoms with Crippen LogP contribution in [0.25, 0.3) is 11.0 Å². The Morgan fingerprint density at radius 2 is 2.20 bits per heavy atom. The van der Waals surface area contributed by atoms with E-state index < -0.39 is 5.97 Å². The van der Waals surface area contributed by atoms with Crippen molar-refractivity contribution in [2.45, 2.75) is 39.2 Å². The average Bonchev–Trinajstić information content (AvgIpc) is 2.82. The van der Waals surface area contributed by atoms with Crippen LogP contribution >= 0.6 is 0 Å². The zero-order valence-electron chi connectivity index (χ0n) is 11.8. The predicted molar refractivity (Wildman–Crippen MR) is 77.1 cm³/mol. The van der Waals surface area contributed by atoms with Crippen molar-refractivity contribution in [2.75, 3.05) is 6.61 Å². The molecule has 0 amide bonds. The van der Waals surface area contributed by atoms with Crippen LogP contribution in [0.2, 0.25) is 0 Å². The number of rotatable bonds is 6. The Labute approximate surface area is 117 Å². The van der Waals surface area contributed by atoms with Gasteiger partial charge in [0.25, 0.3) is 0 Å². The normalized spacial score (nSPS) is 12.8. The number of aryl methyl sites for hydroxylation is 1. The molecule has 1 atom stereocenters. The Bertz CT molecular complexity index is 619. The number of carboxylic acid groups (broad SMARTS) is 1. The van der Waals surface area contributed by atoms with Crippen LogP contribution in [0.3, 0.4) is 0 Å². The lowest BCUT2D eigenvalue weighted by atomic mass is 10.1. The Balaban J connectivity index is 2.58. The fraction of sp³-hybridized carbons (Fsp3) is 0.467. The van der Waals surface area contributed by atoms with Gasteiger partial charge in [0.2, 0.25) is 0 Å². The van der Waals surface area contributed by atoms with Crippen molar-refractivity contribution in [3.63, 3.8) is 0 Å². The molecular formula is C15H20N2O3. The maximum absolute atomic E-state index is 11.3. The topological polar surface area (TPSA) is 75.3 Å². The highest BCUT2D eigenvalue weighted by molar-refractivity contribution is 6.01. The largest absolute Gasteiger partial charge is 0.478 e. The molecule has 1 heterocycles. The van der Waals surface area contributed by atoms with E-state index in [1.54, 1.807) is 12.1 Å². The Morgan fingerprint density at radius 1 is 1.45 bits per heavy atom. The van der Waals surface area contributed by atoms with Gasteiger partial charge in [0.15, 0.2) is 0 Å². The number of carbonyl (C=O) groups is 1. The summed E-state index contributed by atoms with van der Waals surface area (Å²) in [6, 6.07) is 5.43. The van der Waals surface area contributed by atoms with Gasteiger partial charge in [-0.2, -0.15) is 0 Å². The molecule has 0 saturated heterocycles. The molecule has 0 aliphatic rings. The molecule has 1 aromatic carbocycles. The van der Waals surface area contributed by atoms with Gasteiger partial charge in [0.05, 0.1) is 11.1 Å². The standard InChI is InChI=1S/C15H20N2O3/c1-3-13-16-14-11(15(19)20)7-4-8-12(14)17(13)10(2)6-5-9-18/h4,7-8,10,18H,3,5-6,9H2,1-2H3,(H,19,20). The summed E-state index contributed by atoms with van der Waals surface area (Å²) in [7, 11) is 0. The third kappa shape index (κ3) is 2.54. The minimum Gasteiger partial charge on any atom is -0.478 e. The molecule has 0 saturated carbocycles. The van der Waals surface area contributed by atoms with Crippen LogP contribution < -0.4 is 0 Å². The quantitative estimate of drug-likeness (QED) is 0.850. The highest BCUT2D eigenvalue weighted by atomic mass is 16.4. The number of aliphatic hydroxyl groups excluding tert-OH is 1. The van der Waals surface area contributed by atoms with Gasteiger partial charge < -0.3 is 14.8 Å². The summed E-state index contributed by atoms with van der Waals surface area (Å²) in [5.41, 5.74) is 1.64. The second kappa shape index (κ2) is 6.05. The summed E-state index contributed by atoms with van der Waals surface area (Å²) < 4.78 is 2.09. The molecule has 2 rings (SSSR count). The number of carboxylic acids is 1. The zero-order valence-corrected chi connectivity index (χ0v) is 11.8. The van der Waals surface area contributed by atoms with Gasteiger partial charge in [0.1, 0.15) is 11.3 Å². The zero-order chi connectivity index (χ0) is 14.7. The fourth-order valence-corrected chi connectivity index (χ4v) is 2.59. The number of nitrogens with zero attached hydrogens (tertiary/aromatic N) is 2. The van der Waals surface area contributed by atoms with E-state index in [9.17, 15) is 9.90 Å². The number of aliphatic hydroxyl groups is 1. The first-order valence-electron chi connectivity index (χ1n) is 6.94. The van der Waals surface area contributed by atoms with Crippen molar-refractivity contribution in [1.29, 1.82) is 0 Å². The predicted octanol–water partition coefficient (Wildman–Crippen LogP) is 2.63. The lowest BCUT2D eigenvalue weighted by Gasteiger charge is -2.16. The van der Waals surface area contributed by atoms with E-state index in [4.69, 9.17) is 5.11 Å². The van der Waals surface area contributed by atoms with Crippen LogP contribution in [-0.4, -0.2) is 32.3 Å². The first-order valence-corrected chi connectivity index (χ1v) is 6.94. The number of para-hydroxylation sites is 1. The first kappa shape index (κ1) is 14.5. The van der Waals surface area contributed by atoms with E-state index in [0.29, 0.717) is 5.52 Å². The minimum atomic E-state index is -0.953. The molecule has 0 aliphatic carbocycles. The maximum atomic E-state index is 11.3. The SMILES string of the molecule is CCc1nc2c(C(=O)O)cccc2n1C(C)CCCO. The van der Waals surface area contributed by atoms with Crippen molar-refractivity contribution in [3.05, 3.63) is 29.6 Å². The number of hydrogen-bond donors (Lipinski definition) is 2. The van der Waals surface area contributed by atoms with E-state index in [0.717, 1.165) is 30.6 Å². The van der Waals surface area contributed by atoms with Crippen LogP contribution in [0, 0.1) is 0 Å². The monoisotopic (exact) mass is 276 g/mol. The molecule has 20 heavy (non-hydrogen) atoms. The number of fused-ring (bicyclic) bond motifs is 1. The van der Waals surface area contributed by atoms with Crippen LogP contribution in [-0.2, 0) is 6.42 Å². The third-order valence-electron chi connectivity index (χ3n) is 3.56. The molecule has 5 nitrogen and oxygen atoms in total. The summed E-state index contributed by atoms with van der Waals surface area (Å²) in [6.45, 7) is 4.25. The summed E-state index contributed by atoms with van der Waals surface area (Å²) in [5, 5.41) is 18.2. The second-order valence-electron chi connectivity index (χ2n) is 4.94. The Hall–Kier alpha value is -1.88. The summed E-state index contributed by atoms with van der Waals surface area (Å²) in [5.74, 6) is -0.0648. The van der Waals surface area contributed by atoms with Crippen molar-refractivity contribution in [3.8, 4) is 0 Å². The van der Waals surface area contributed by atoms with E-state index in [1.165, 1.54) is 0 Å². The summed E-state index contributed by atoms with van der Waals surface area (Å²) >= 11 is 0. The number of aromatic carboxylic acids is 1.